The molecule has 0 bridgehead atoms. The molecule has 2 heterocycles. The first kappa shape index (κ1) is 13.3. The van der Waals surface area contributed by atoms with Crippen molar-refractivity contribution in [2.75, 3.05) is 0 Å². The van der Waals surface area contributed by atoms with E-state index in [1.807, 2.05) is 0 Å². The van der Waals surface area contributed by atoms with Crippen molar-refractivity contribution in [3.05, 3.63) is 40.8 Å². The number of aliphatic hydroxyl groups is 1. The molecular formula is C16H19N2OS+. The minimum atomic E-state index is 0.0736. The summed E-state index contributed by atoms with van der Waals surface area (Å²) >= 11 is 1.72. The van der Waals surface area contributed by atoms with Crippen LogP contribution in [-0.4, -0.2) is 9.67 Å². The van der Waals surface area contributed by atoms with Gasteiger partial charge in [-0.15, -0.1) is 0 Å². The molecule has 0 atom stereocenters. The van der Waals surface area contributed by atoms with E-state index in [9.17, 15) is 5.11 Å². The molecule has 2 aromatic heterocycles. The number of imidazole rings is 1. The molecule has 1 aromatic carbocycles. The predicted molar refractivity (Wildman–Crippen MR) is 82.7 cm³/mol. The standard InChI is InChI=1S/C16H19N2OS/c1-3-17-14-6-5-12(13-7-8-20-11-13)9-15(14)18(4-2)16(17)10-19/h5-9,11,19H,3-4,10H2,1-2H3/q+1. The third-order valence-electron chi connectivity index (χ3n) is 3.81. The van der Waals surface area contributed by atoms with Gasteiger partial charge in [0, 0.05) is 0 Å². The van der Waals surface area contributed by atoms with Crippen molar-refractivity contribution in [3.8, 4) is 11.1 Å². The van der Waals surface area contributed by atoms with Gasteiger partial charge in [-0.3, -0.25) is 0 Å². The van der Waals surface area contributed by atoms with E-state index in [0.717, 1.165) is 18.9 Å². The Bertz CT molecular complexity index is 729. The topological polar surface area (TPSA) is 29.0 Å². The second kappa shape index (κ2) is 5.38. The van der Waals surface area contributed by atoms with Crippen molar-refractivity contribution >= 4 is 22.4 Å². The summed E-state index contributed by atoms with van der Waals surface area (Å²) < 4.78 is 4.39. The van der Waals surface area contributed by atoms with Gasteiger partial charge in [-0.1, -0.05) is 0 Å². The summed E-state index contributed by atoms with van der Waals surface area (Å²) in [6.07, 6.45) is 0. The fourth-order valence-electron chi connectivity index (χ4n) is 2.88. The third kappa shape index (κ3) is 1.96. The maximum atomic E-state index is 9.68. The monoisotopic (exact) mass is 287 g/mol. The van der Waals surface area contributed by atoms with Crippen LogP contribution in [0.5, 0.6) is 0 Å². The fourth-order valence-corrected chi connectivity index (χ4v) is 3.54. The van der Waals surface area contributed by atoms with Gasteiger partial charge in [-0.25, -0.2) is 9.13 Å². The van der Waals surface area contributed by atoms with Gasteiger partial charge in [0.25, 0.3) is 5.82 Å². The lowest BCUT2D eigenvalue weighted by molar-refractivity contribution is -0.678. The molecule has 4 heteroatoms. The van der Waals surface area contributed by atoms with Gasteiger partial charge >= 0.3 is 0 Å². The number of benzene rings is 1. The number of fused-ring (bicyclic) bond motifs is 1. The number of thiophene rings is 1. The van der Waals surface area contributed by atoms with Crippen LogP contribution in [0, 0.1) is 0 Å². The van der Waals surface area contributed by atoms with Gasteiger partial charge in [0.2, 0.25) is 0 Å². The minimum Gasteiger partial charge on any atom is -0.384 e. The number of hydrogen-bond acceptors (Lipinski definition) is 2. The van der Waals surface area contributed by atoms with E-state index in [1.165, 1.54) is 22.2 Å². The fraction of sp³-hybridized carbons (Fsp3) is 0.312. The molecule has 0 aliphatic carbocycles. The molecule has 3 nitrogen and oxygen atoms in total. The Labute approximate surface area is 122 Å². The van der Waals surface area contributed by atoms with E-state index in [1.54, 1.807) is 11.3 Å². The number of aliphatic hydroxyl groups excluding tert-OH is 1. The van der Waals surface area contributed by atoms with Gasteiger partial charge in [0.05, 0.1) is 13.1 Å². The Hall–Kier alpha value is -1.65. The molecule has 1 N–H and O–H groups in total. The van der Waals surface area contributed by atoms with Crippen LogP contribution in [0.2, 0.25) is 0 Å². The van der Waals surface area contributed by atoms with Crippen molar-refractivity contribution in [2.24, 2.45) is 0 Å². The molecule has 0 aliphatic heterocycles. The number of aryl methyl sites for hydroxylation is 2. The number of aromatic nitrogens is 2. The molecule has 0 amide bonds. The second-order valence-electron chi connectivity index (χ2n) is 4.78. The number of rotatable bonds is 4. The van der Waals surface area contributed by atoms with Crippen LogP contribution < -0.4 is 4.57 Å². The van der Waals surface area contributed by atoms with Crippen molar-refractivity contribution in [3.63, 3.8) is 0 Å². The lowest BCUT2D eigenvalue weighted by Gasteiger charge is -1.98. The molecule has 0 unspecified atom stereocenters. The average Bonchev–Trinajstić information content (AvgIpc) is 3.11. The number of hydrogen-bond donors (Lipinski definition) is 1. The summed E-state index contributed by atoms with van der Waals surface area (Å²) in [7, 11) is 0. The highest BCUT2D eigenvalue weighted by Crippen LogP contribution is 2.26. The first-order valence-corrected chi connectivity index (χ1v) is 7.92. The van der Waals surface area contributed by atoms with Crippen molar-refractivity contribution < 1.29 is 9.67 Å². The van der Waals surface area contributed by atoms with Gasteiger partial charge < -0.3 is 5.11 Å². The molecule has 3 aromatic rings. The van der Waals surface area contributed by atoms with Crippen molar-refractivity contribution in [2.45, 2.75) is 33.5 Å². The lowest BCUT2D eigenvalue weighted by Crippen LogP contribution is -2.36. The van der Waals surface area contributed by atoms with Crippen LogP contribution in [0.3, 0.4) is 0 Å². The predicted octanol–water partition coefficient (Wildman–Crippen LogP) is 3.19. The third-order valence-corrected chi connectivity index (χ3v) is 4.49. The zero-order valence-corrected chi connectivity index (χ0v) is 12.7. The Balaban J connectivity index is 2.28. The summed E-state index contributed by atoms with van der Waals surface area (Å²) in [6.45, 7) is 6.05. The maximum Gasteiger partial charge on any atom is 0.283 e. The normalized spacial score (nSPS) is 11.3. The summed E-state index contributed by atoms with van der Waals surface area (Å²) in [5.41, 5.74) is 4.88. The van der Waals surface area contributed by atoms with E-state index in [-0.39, 0.29) is 6.61 Å². The Morgan fingerprint density at radius 2 is 2.05 bits per heavy atom. The van der Waals surface area contributed by atoms with Crippen LogP contribution in [0.4, 0.5) is 0 Å². The molecule has 3 rings (SSSR count). The summed E-state index contributed by atoms with van der Waals surface area (Å²) in [4.78, 5) is 0. The van der Waals surface area contributed by atoms with Crippen LogP contribution in [-0.2, 0) is 19.7 Å². The molecule has 0 fully saturated rings. The van der Waals surface area contributed by atoms with Gasteiger partial charge in [-0.05, 0) is 60.0 Å². The zero-order chi connectivity index (χ0) is 14.1. The van der Waals surface area contributed by atoms with E-state index in [0.29, 0.717) is 0 Å². The summed E-state index contributed by atoms with van der Waals surface area (Å²) in [5.74, 6) is 0.979. The summed E-state index contributed by atoms with van der Waals surface area (Å²) in [6, 6.07) is 8.70. The molecule has 20 heavy (non-hydrogen) atoms. The Kier molecular flexibility index (Phi) is 3.59. The van der Waals surface area contributed by atoms with Gasteiger partial charge in [0.15, 0.2) is 11.0 Å². The van der Waals surface area contributed by atoms with Crippen LogP contribution in [0.25, 0.3) is 22.2 Å². The smallest absolute Gasteiger partial charge is 0.283 e. The van der Waals surface area contributed by atoms with Gasteiger partial charge in [-0.2, -0.15) is 11.3 Å². The van der Waals surface area contributed by atoms with E-state index < -0.39 is 0 Å². The van der Waals surface area contributed by atoms with Crippen molar-refractivity contribution in [1.82, 2.24) is 4.57 Å². The second-order valence-corrected chi connectivity index (χ2v) is 5.56. The largest absolute Gasteiger partial charge is 0.384 e. The van der Waals surface area contributed by atoms with Gasteiger partial charge in [0.1, 0.15) is 6.61 Å². The minimum absolute atomic E-state index is 0.0736. The quantitative estimate of drug-likeness (QED) is 0.734. The van der Waals surface area contributed by atoms with Crippen LogP contribution in [0.15, 0.2) is 35.0 Å². The number of nitrogens with zero attached hydrogens (tertiary/aromatic N) is 2. The SMILES string of the molecule is CCn1c(CO)[n+](CC)c2ccc(-c3ccsc3)cc21. The zero-order valence-electron chi connectivity index (χ0n) is 11.8. The summed E-state index contributed by atoms with van der Waals surface area (Å²) in [5, 5.41) is 13.9. The first-order valence-electron chi connectivity index (χ1n) is 6.98. The van der Waals surface area contributed by atoms with Crippen molar-refractivity contribution in [1.29, 1.82) is 0 Å². The first-order chi connectivity index (χ1) is 9.80. The van der Waals surface area contributed by atoms with E-state index in [4.69, 9.17) is 0 Å². The highest BCUT2D eigenvalue weighted by atomic mass is 32.1. The Morgan fingerprint density at radius 3 is 2.65 bits per heavy atom. The highest BCUT2D eigenvalue weighted by Gasteiger charge is 2.22. The van der Waals surface area contributed by atoms with Crippen LogP contribution >= 0.6 is 11.3 Å². The average molecular weight is 287 g/mol. The highest BCUT2D eigenvalue weighted by molar-refractivity contribution is 7.08. The maximum absolute atomic E-state index is 9.68. The molecule has 0 saturated heterocycles. The molecule has 0 spiro atoms. The Morgan fingerprint density at radius 1 is 1.20 bits per heavy atom. The lowest BCUT2D eigenvalue weighted by atomic mass is 10.1. The molecule has 0 saturated carbocycles. The molecule has 0 aliphatic rings. The molecule has 104 valence electrons. The van der Waals surface area contributed by atoms with Crippen LogP contribution in [0.1, 0.15) is 19.7 Å². The molecular weight excluding hydrogens is 268 g/mol. The van der Waals surface area contributed by atoms with E-state index >= 15 is 0 Å². The van der Waals surface area contributed by atoms with E-state index in [2.05, 4.69) is 58.0 Å². The molecule has 0 radical (unpaired) electrons.